The van der Waals surface area contributed by atoms with Gasteiger partial charge in [-0.15, -0.1) is 0 Å². The summed E-state index contributed by atoms with van der Waals surface area (Å²) in [6.07, 6.45) is 3.74. The largest absolute Gasteiger partial charge is 0.488 e. The minimum Gasteiger partial charge on any atom is -0.485 e. The third-order valence-corrected chi connectivity index (χ3v) is 12.7. The van der Waals surface area contributed by atoms with Crippen LogP contribution in [0, 0.1) is 0 Å². The molecule has 0 bridgehead atoms. The van der Waals surface area contributed by atoms with Gasteiger partial charge < -0.3 is 31.0 Å². The Labute approximate surface area is 392 Å². The van der Waals surface area contributed by atoms with Gasteiger partial charge in [-0.3, -0.25) is 19.4 Å². The van der Waals surface area contributed by atoms with Crippen molar-refractivity contribution in [3.63, 3.8) is 0 Å². The number of benzene rings is 6. The fraction of sp³-hybridized carbons (Fsp3) is 0.154. The number of rotatable bonds is 6. The van der Waals surface area contributed by atoms with Crippen LogP contribution in [0.15, 0.2) is 173 Å². The van der Waals surface area contributed by atoms with Crippen LogP contribution in [0.2, 0.25) is 0 Å². The number of ether oxygens (including phenoxy) is 2. The quantitative estimate of drug-likeness (QED) is 0.124. The van der Waals surface area contributed by atoms with Gasteiger partial charge >= 0.3 is 7.12 Å². The van der Waals surface area contributed by atoms with Crippen LogP contribution in [0.4, 0.5) is 0 Å². The van der Waals surface area contributed by atoms with E-state index in [1.807, 2.05) is 127 Å². The maximum atomic E-state index is 13.4. The zero-order valence-corrected chi connectivity index (χ0v) is 38.0. The van der Waals surface area contributed by atoms with Gasteiger partial charge in [0.1, 0.15) is 23.7 Å². The topological polar surface area (TPSA) is 176 Å². The van der Waals surface area contributed by atoms with E-state index in [4.69, 9.17) is 36.0 Å². The number of nitrogens with zero attached hydrogens (tertiary/aromatic N) is 4. The maximum absolute atomic E-state index is 13.4. The number of nitrogens with two attached hydrogens (primary N) is 2. The van der Waals surface area contributed by atoms with Gasteiger partial charge in [-0.05, 0) is 75.2 Å². The molecule has 10 rings (SSSR count). The number of amides is 2. The summed E-state index contributed by atoms with van der Waals surface area (Å²) in [5, 5.41) is 17.5. The van der Waals surface area contributed by atoms with Crippen LogP contribution >= 0.6 is 15.9 Å². The molecule has 0 radical (unpaired) electrons. The Hall–Kier alpha value is -7.26. The second-order valence-corrected chi connectivity index (χ2v) is 17.2. The lowest BCUT2D eigenvalue weighted by Gasteiger charge is -2.37. The lowest BCUT2D eigenvalue weighted by molar-refractivity contribution is -0.133. The van der Waals surface area contributed by atoms with E-state index in [0.29, 0.717) is 29.8 Å². The first-order valence-electron chi connectivity index (χ1n) is 21.2. The number of hydrogen-bond donors (Lipinski definition) is 4. The minimum atomic E-state index is -1.39. The highest BCUT2D eigenvalue weighted by atomic mass is 79.9. The van der Waals surface area contributed by atoms with Crippen molar-refractivity contribution in [2.24, 2.45) is 21.5 Å². The summed E-state index contributed by atoms with van der Waals surface area (Å²) < 4.78 is 13.4. The van der Waals surface area contributed by atoms with Crippen LogP contribution in [-0.2, 0) is 20.7 Å². The Kier molecular flexibility index (Phi) is 12.8. The van der Waals surface area contributed by atoms with E-state index < -0.39 is 18.2 Å². The van der Waals surface area contributed by atoms with Crippen molar-refractivity contribution in [2.75, 3.05) is 14.1 Å². The first-order valence-corrected chi connectivity index (χ1v) is 22.0. The molecule has 2 spiro atoms. The van der Waals surface area contributed by atoms with Gasteiger partial charge in [0.2, 0.25) is 0 Å². The molecule has 4 atom stereocenters. The number of aliphatic imine (C=N–C) groups is 2. The molecule has 0 aromatic heterocycles. The van der Waals surface area contributed by atoms with Gasteiger partial charge in [-0.2, -0.15) is 0 Å². The summed E-state index contributed by atoms with van der Waals surface area (Å²) >= 11 is 3.47. The molecule has 14 heteroatoms. The number of halogens is 1. The standard InChI is InChI=1S/C26H23N3O2.C18H16BrN3O2.C8H9BO2/c1-3-17-8-7-11-19(14-17)20-12-13-22-21(15-20)26(24(30)29(2)25(27)28-26)16-23(31-22)18-9-5-4-6-10-18;1-22-16(23)18(21-17(22)20)10-15(11-5-3-2-4-6-11)24-14-8-7-12(19)9-13(14)18;1-2-7-4-3-5-8(6-7)9(10)11/h3-15,23H,1,16H2,2H3,(H2,27,28);2-9,15H,10H2,1H3,(H2,20,21);2-6,10-11H,1H2. The van der Waals surface area contributed by atoms with Gasteiger partial charge in [-0.1, -0.05) is 150 Å². The zero-order valence-electron chi connectivity index (χ0n) is 36.4. The second-order valence-electron chi connectivity index (χ2n) is 16.3. The highest BCUT2D eigenvalue weighted by Crippen LogP contribution is 2.52. The van der Waals surface area contributed by atoms with Crippen molar-refractivity contribution in [3.05, 3.63) is 197 Å². The highest BCUT2D eigenvalue weighted by Gasteiger charge is 2.55. The van der Waals surface area contributed by atoms with Crippen molar-refractivity contribution in [1.82, 2.24) is 9.80 Å². The molecule has 4 aliphatic heterocycles. The van der Waals surface area contributed by atoms with Gasteiger partial charge in [0.15, 0.2) is 23.0 Å². The molecule has 6 aromatic carbocycles. The first kappa shape index (κ1) is 45.3. The summed E-state index contributed by atoms with van der Waals surface area (Å²) in [5.41, 5.74) is 17.9. The predicted octanol–water partition coefficient (Wildman–Crippen LogP) is 7.47. The Balaban J connectivity index is 0.000000149. The molecule has 0 aliphatic carbocycles. The van der Waals surface area contributed by atoms with E-state index in [2.05, 4.69) is 40.1 Å². The highest BCUT2D eigenvalue weighted by molar-refractivity contribution is 9.10. The van der Waals surface area contributed by atoms with Gasteiger partial charge in [0.05, 0.1) is 0 Å². The molecule has 4 heterocycles. The molecule has 4 aliphatic rings. The van der Waals surface area contributed by atoms with Crippen LogP contribution in [0.1, 0.15) is 58.4 Å². The summed E-state index contributed by atoms with van der Waals surface area (Å²) in [6.45, 7) is 7.42. The van der Waals surface area contributed by atoms with Gasteiger partial charge in [0.25, 0.3) is 11.8 Å². The predicted molar refractivity (Wildman–Crippen MR) is 263 cm³/mol. The third kappa shape index (κ3) is 8.65. The molecular formula is C52H48BBrN6O6. The van der Waals surface area contributed by atoms with E-state index in [-0.39, 0.29) is 35.9 Å². The molecule has 4 unspecified atom stereocenters. The van der Waals surface area contributed by atoms with E-state index >= 15 is 0 Å². The van der Waals surface area contributed by atoms with E-state index in [1.165, 1.54) is 9.80 Å². The Morgan fingerprint density at radius 1 is 0.636 bits per heavy atom. The Morgan fingerprint density at radius 2 is 1.11 bits per heavy atom. The Bertz CT molecular complexity index is 2900. The fourth-order valence-corrected chi connectivity index (χ4v) is 8.99. The maximum Gasteiger partial charge on any atom is 0.488 e. The smallest absolute Gasteiger partial charge is 0.485 e. The third-order valence-electron chi connectivity index (χ3n) is 12.2. The molecular weight excluding hydrogens is 895 g/mol. The van der Waals surface area contributed by atoms with Crippen LogP contribution < -0.4 is 26.4 Å². The molecule has 6 N–H and O–H groups in total. The van der Waals surface area contributed by atoms with Crippen LogP contribution in [0.3, 0.4) is 0 Å². The van der Waals surface area contributed by atoms with Crippen molar-refractivity contribution in [2.45, 2.75) is 36.1 Å². The summed E-state index contributed by atoms with van der Waals surface area (Å²) in [6, 6.07) is 46.4. The van der Waals surface area contributed by atoms with E-state index in [0.717, 1.165) is 49.0 Å². The minimum absolute atomic E-state index is 0.122. The average Bonchev–Trinajstić information content (AvgIpc) is 3.69. The Morgan fingerprint density at radius 3 is 1.59 bits per heavy atom. The molecule has 2 amide bonds. The number of carbonyl (C=O) groups is 2. The summed E-state index contributed by atoms with van der Waals surface area (Å²) in [4.78, 5) is 38.6. The molecule has 0 fully saturated rings. The van der Waals surface area contributed by atoms with Crippen LogP contribution in [-0.4, -0.2) is 64.8 Å². The molecule has 0 saturated carbocycles. The first-order chi connectivity index (χ1) is 31.8. The molecule has 0 saturated heterocycles. The monoisotopic (exact) mass is 942 g/mol. The summed E-state index contributed by atoms with van der Waals surface area (Å²) in [5.74, 6) is 1.53. The number of guanidine groups is 2. The molecule has 332 valence electrons. The number of likely N-dealkylation sites (N-methyl/N-ethyl adjacent to an activating group) is 2. The number of carbonyl (C=O) groups excluding carboxylic acids is 2. The van der Waals surface area contributed by atoms with E-state index in [1.54, 1.807) is 38.4 Å². The van der Waals surface area contributed by atoms with Crippen molar-refractivity contribution in [3.8, 4) is 22.6 Å². The normalized spacial score (nSPS) is 21.2. The zero-order chi connectivity index (χ0) is 46.8. The molecule has 66 heavy (non-hydrogen) atoms. The lowest BCUT2D eigenvalue weighted by atomic mass is 9.79. The average molecular weight is 944 g/mol. The van der Waals surface area contributed by atoms with Crippen molar-refractivity contribution < 1.29 is 29.1 Å². The van der Waals surface area contributed by atoms with E-state index in [9.17, 15) is 9.59 Å². The SMILES string of the molecule is C=Cc1cccc(-c2ccc3c(c2)C2(CC(c4ccccc4)O3)N=C(N)N(C)C2=O)c1.C=Cc1cccc(B(O)O)c1.CN1C(=O)C2(CC(c3ccccc3)Oc3ccc(Br)cc32)N=C1N. The summed E-state index contributed by atoms with van der Waals surface area (Å²) in [7, 11) is 1.93. The molecule has 6 aromatic rings. The number of fused-ring (bicyclic) bond motifs is 4. The van der Waals surface area contributed by atoms with Gasteiger partial charge in [0, 0.05) is 42.5 Å². The van der Waals surface area contributed by atoms with Crippen LogP contribution in [0.5, 0.6) is 11.5 Å². The second kappa shape index (κ2) is 18.7. The molecule has 12 nitrogen and oxygen atoms in total. The number of hydrogen-bond acceptors (Lipinski definition) is 10. The fourth-order valence-electron chi connectivity index (χ4n) is 8.63. The lowest BCUT2D eigenvalue weighted by Crippen LogP contribution is -2.43. The van der Waals surface area contributed by atoms with Crippen molar-refractivity contribution in [1.29, 1.82) is 0 Å². The van der Waals surface area contributed by atoms with Crippen molar-refractivity contribution >= 4 is 64.4 Å². The van der Waals surface area contributed by atoms with Crippen LogP contribution in [0.25, 0.3) is 23.3 Å². The van der Waals surface area contributed by atoms with Gasteiger partial charge in [-0.25, -0.2) is 9.98 Å².